The van der Waals surface area contributed by atoms with Crippen LogP contribution >= 0.6 is 23.2 Å². The van der Waals surface area contributed by atoms with Crippen LogP contribution < -0.4 is 10.1 Å². The van der Waals surface area contributed by atoms with Crippen molar-refractivity contribution < 1.29 is 9.53 Å². The molecule has 1 N–H and O–H groups in total. The average molecular weight is 367 g/mol. The minimum absolute atomic E-state index is 0.0958. The molecule has 1 aromatic heterocycles. The number of benzene rings is 1. The van der Waals surface area contributed by atoms with Crippen molar-refractivity contribution in [2.24, 2.45) is 0 Å². The van der Waals surface area contributed by atoms with Gasteiger partial charge in [-0.15, -0.1) is 5.10 Å². The lowest BCUT2D eigenvalue weighted by Gasteiger charge is -2.17. The van der Waals surface area contributed by atoms with Gasteiger partial charge in [0.1, 0.15) is 6.10 Å². The second-order valence-electron chi connectivity index (χ2n) is 5.55. The van der Waals surface area contributed by atoms with Crippen molar-refractivity contribution in [2.75, 3.05) is 18.4 Å². The summed E-state index contributed by atoms with van der Waals surface area (Å²) in [6, 6.07) is 8.39. The van der Waals surface area contributed by atoms with Crippen LogP contribution in [0.3, 0.4) is 0 Å². The van der Waals surface area contributed by atoms with Crippen molar-refractivity contribution >= 4 is 34.9 Å². The third kappa shape index (κ3) is 4.07. The molecule has 0 saturated carbocycles. The Morgan fingerprint density at radius 1 is 1.25 bits per heavy atom. The summed E-state index contributed by atoms with van der Waals surface area (Å²) in [7, 11) is 0. The molecule has 2 amide bonds. The number of aromatic nitrogens is 2. The largest absolute Gasteiger partial charge is 0.471 e. The number of rotatable bonds is 3. The van der Waals surface area contributed by atoms with Gasteiger partial charge in [-0.1, -0.05) is 23.2 Å². The minimum atomic E-state index is -0.200. The Morgan fingerprint density at radius 3 is 2.79 bits per heavy atom. The van der Waals surface area contributed by atoms with Gasteiger partial charge in [-0.05, 0) is 31.2 Å². The topological polar surface area (TPSA) is 67.3 Å². The number of carbonyl (C=O) groups is 1. The van der Waals surface area contributed by atoms with Gasteiger partial charge in [-0.25, -0.2) is 4.79 Å². The van der Waals surface area contributed by atoms with E-state index in [4.69, 9.17) is 27.9 Å². The summed E-state index contributed by atoms with van der Waals surface area (Å²) in [5.74, 6) is 0.470. The highest BCUT2D eigenvalue weighted by Crippen LogP contribution is 2.25. The monoisotopic (exact) mass is 366 g/mol. The quantitative estimate of drug-likeness (QED) is 0.897. The van der Waals surface area contributed by atoms with E-state index in [0.717, 1.165) is 12.1 Å². The van der Waals surface area contributed by atoms with Gasteiger partial charge >= 0.3 is 6.03 Å². The van der Waals surface area contributed by atoms with Crippen LogP contribution in [-0.4, -0.2) is 40.3 Å². The Morgan fingerprint density at radius 2 is 2.08 bits per heavy atom. The molecule has 0 spiro atoms. The Bertz CT molecular complexity index is 739. The third-order valence-electron chi connectivity index (χ3n) is 3.66. The molecule has 2 heterocycles. The number of halogens is 2. The average Bonchev–Trinajstić information content (AvgIpc) is 3.02. The van der Waals surface area contributed by atoms with Gasteiger partial charge in [0.05, 0.1) is 22.3 Å². The number of aryl methyl sites for hydroxylation is 1. The number of hydrogen-bond acceptors (Lipinski definition) is 4. The first kappa shape index (κ1) is 16.8. The standard InChI is InChI=1S/C16H16Cl2N4O2/c1-10-2-5-15(21-20-10)24-12-6-7-22(9-12)16(23)19-11-3-4-13(17)14(18)8-11/h2-5,8,12H,6-7,9H2,1H3,(H,19,23). The van der Waals surface area contributed by atoms with E-state index in [-0.39, 0.29) is 12.1 Å². The van der Waals surface area contributed by atoms with Crippen LogP contribution in [0.2, 0.25) is 10.0 Å². The number of urea groups is 1. The molecule has 3 rings (SSSR count). The Balaban J connectivity index is 1.55. The molecule has 0 radical (unpaired) electrons. The summed E-state index contributed by atoms with van der Waals surface area (Å²) in [5, 5.41) is 11.6. The van der Waals surface area contributed by atoms with Gasteiger partial charge in [0.25, 0.3) is 0 Å². The second kappa shape index (κ2) is 7.23. The van der Waals surface area contributed by atoms with Crippen LogP contribution in [0, 0.1) is 6.92 Å². The van der Waals surface area contributed by atoms with E-state index in [1.165, 1.54) is 0 Å². The molecule has 1 unspecified atom stereocenters. The summed E-state index contributed by atoms with van der Waals surface area (Å²) in [4.78, 5) is 14.0. The van der Waals surface area contributed by atoms with Crippen LogP contribution in [0.15, 0.2) is 30.3 Å². The molecular weight excluding hydrogens is 351 g/mol. The SMILES string of the molecule is Cc1ccc(OC2CCN(C(=O)Nc3ccc(Cl)c(Cl)c3)C2)nn1. The zero-order valence-corrected chi connectivity index (χ0v) is 14.5. The molecule has 0 bridgehead atoms. The fourth-order valence-corrected chi connectivity index (χ4v) is 2.70. The highest BCUT2D eigenvalue weighted by molar-refractivity contribution is 6.42. The first-order chi connectivity index (χ1) is 11.5. The third-order valence-corrected chi connectivity index (χ3v) is 4.40. The van der Waals surface area contributed by atoms with Crippen molar-refractivity contribution in [3.05, 3.63) is 46.1 Å². The fourth-order valence-electron chi connectivity index (χ4n) is 2.41. The van der Waals surface area contributed by atoms with Gasteiger partial charge in [-0.3, -0.25) is 0 Å². The van der Waals surface area contributed by atoms with Gasteiger partial charge in [-0.2, -0.15) is 5.10 Å². The van der Waals surface area contributed by atoms with E-state index in [1.54, 1.807) is 29.2 Å². The smallest absolute Gasteiger partial charge is 0.321 e. The van der Waals surface area contributed by atoms with Crippen molar-refractivity contribution in [2.45, 2.75) is 19.4 Å². The summed E-state index contributed by atoms with van der Waals surface area (Å²) in [6.45, 7) is 2.96. The maximum atomic E-state index is 12.3. The minimum Gasteiger partial charge on any atom is -0.471 e. The molecule has 1 aliphatic rings. The fraction of sp³-hybridized carbons (Fsp3) is 0.312. The zero-order valence-electron chi connectivity index (χ0n) is 13.0. The van der Waals surface area contributed by atoms with Crippen LogP contribution in [0.25, 0.3) is 0 Å². The van der Waals surface area contributed by atoms with E-state index in [1.807, 2.05) is 13.0 Å². The van der Waals surface area contributed by atoms with E-state index in [0.29, 0.717) is 34.7 Å². The molecule has 2 aromatic rings. The van der Waals surface area contributed by atoms with Gasteiger partial charge < -0.3 is 15.0 Å². The Hall–Kier alpha value is -2.05. The zero-order chi connectivity index (χ0) is 17.1. The van der Waals surface area contributed by atoms with Crippen LogP contribution in [-0.2, 0) is 0 Å². The van der Waals surface area contributed by atoms with Gasteiger partial charge in [0.15, 0.2) is 0 Å². The molecule has 1 fully saturated rings. The lowest BCUT2D eigenvalue weighted by molar-refractivity contribution is 0.188. The van der Waals surface area contributed by atoms with Crippen LogP contribution in [0.5, 0.6) is 5.88 Å². The Labute approximate surface area is 149 Å². The lowest BCUT2D eigenvalue weighted by atomic mass is 10.3. The number of nitrogens with one attached hydrogen (secondary N) is 1. The maximum absolute atomic E-state index is 12.3. The van der Waals surface area contributed by atoms with Gasteiger partial charge in [0.2, 0.25) is 5.88 Å². The first-order valence-corrected chi connectivity index (χ1v) is 8.25. The molecule has 8 heteroatoms. The highest BCUT2D eigenvalue weighted by Gasteiger charge is 2.28. The molecule has 1 aromatic carbocycles. The summed E-state index contributed by atoms with van der Waals surface area (Å²) < 4.78 is 5.76. The van der Waals surface area contributed by atoms with E-state index < -0.39 is 0 Å². The van der Waals surface area contributed by atoms with Crippen molar-refractivity contribution in [1.29, 1.82) is 0 Å². The number of ether oxygens (including phenoxy) is 1. The van der Waals surface area contributed by atoms with Crippen molar-refractivity contribution in [1.82, 2.24) is 15.1 Å². The summed E-state index contributed by atoms with van der Waals surface area (Å²) in [5.41, 5.74) is 1.43. The molecule has 1 atom stereocenters. The number of carbonyl (C=O) groups excluding carboxylic acids is 1. The van der Waals surface area contributed by atoms with Crippen molar-refractivity contribution in [3.8, 4) is 5.88 Å². The molecule has 0 aliphatic carbocycles. The molecule has 1 saturated heterocycles. The Kier molecular flexibility index (Phi) is 5.06. The summed E-state index contributed by atoms with van der Waals surface area (Å²) >= 11 is 11.8. The normalized spacial score (nSPS) is 17.0. The summed E-state index contributed by atoms with van der Waals surface area (Å²) in [6.07, 6.45) is 0.645. The number of anilines is 1. The highest BCUT2D eigenvalue weighted by atomic mass is 35.5. The number of hydrogen-bond donors (Lipinski definition) is 1. The number of amides is 2. The van der Waals surface area contributed by atoms with Crippen LogP contribution in [0.1, 0.15) is 12.1 Å². The number of nitrogens with zero attached hydrogens (tertiary/aromatic N) is 3. The first-order valence-electron chi connectivity index (χ1n) is 7.49. The van der Waals surface area contributed by atoms with E-state index >= 15 is 0 Å². The lowest BCUT2D eigenvalue weighted by Crippen LogP contribution is -2.34. The number of likely N-dealkylation sites (tertiary alicyclic amines) is 1. The molecule has 6 nitrogen and oxygen atoms in total. The molecular formula is C16H16Cl2N4O2. The predicted molar refractivity (Wildman–Crippen MR) is 92.9 cm³/mol. The second-order valence-corrected chi connectivity index (χ2v) is 6.36. The van der Waals surface area contributed by atoms with Gasteiger partial charge in [0, 0.05) is 24.7 Å². The molecule has 126 valence electrons. The van der Waals surface area contributed by atoms with Crippen LogP contribution in [0.4, 0.5) is 10.5 Å². The van der Waals surface area contributed by atoms with E-state index in [2.05, 4.69) is 15.5 Å². The predicted octanol–water partition coefficient (Wildman–Crippen LogP) is 3.78. The van der Waals surface area contributed by atoms with E-state index in [9.17, 15) is 4.79 Å². The van der Waals surface area contributed by atoms with Crippen molar-refractivity contribution in [3.63, 3.8) is 0 Å². The molecule has 24 heavy (non-hydrogen) atoms. The molecule has 1 aliphatic heterocycles. The maximum Gasteiger partial charge on any atom is 0.321 e.